The van der Waals surface area contributed by atoms with Gasteiger partial charge in [-0.1, -0.05) is 45.0 Å². The van der Waals surface area contributed by atoms with Crippen molar-refractivity contribution < 1.29 is 14.3 Å². The van der Waals surface area contributed by atoms with E-state index >= 15 is 0 Å². The van der Waals surface area contributed by atoms with Gasteiger partial charge in [-0.3, -0.25) is 9.59 Å². The molecule has 0 spiro atoms. The van der Waals surface area contributed by atoms with Crippen LogP contribution in [0.2, 0.25) is 0 Å². The minimum Gasteiger partial charge on any atom is -0.484 e. The molecule has 0 radical (unpaired) electrons. The molecule has 7 nitrogen and oxygen atoms in total. The Hall–Kier alpha value is -3.19. The van der Waals surface area contributed by atoms with Crippen LogP contribution in [0.3, 0.4) is 0 Å². The van der Waals surface area contributed by atoms with E-state index < -0.39 is 0 Å². The first kappa shape index (κ1) is 23.0. The van der Waals surface area contributed by atoms with Crippen LogP contribution in [-0.2, 0) is 21.5 Å². The number of aromatic nitrogens is 2. The summed E-state index contributed by atoms with van der Waals surface area (Å²) in [6, 6.07) is 15.0. The summed E-state index contributed by atoms with van der Waals surface area (Å²) in [7, 11) is 0. The van der Waals surface area contributed by atoms with E-state index in [4.69, 9.17) is 9.47 Å². The number of amides is 1. The first-order valence-corrected chi connectivity index (χ1v) is 11.4. The molecule has 1 fully saturated rings. The molecule has 1 amide bonds. The highest BCUT2D eigenvalue weighted by molar-refractivity contribution is 5.78. The predicted octanol–water partition coefficient (Wildman–Crippen LogP) is 3.81. The van der Waals surface area contributed by atoms with Gasteiger partial charge in [0, 0.05) is 13.2 Å². The van der Waals surface area contributed by atoms with E-state index in [0.717, 1.165) is 12.8 Å². The Kier molecular flexibility index (Phi) is 6.79. The standard InChI is InChI=1S/C26H31N3O4/c1-26(2,3)18-10-12-19(13-11-18)33-17-24(30)29(15-20-7-6-14-32-20)16-23-27-22-9-5-4-8-21(22)25(31)28-23/h4-5,8-13,20H,6-7,14-17H2,1-3H3,(H,27,28,31)/t20-/m1/s1. The zero-order chi connectivity index (χ0) is 23.4. The lowest BCUT2D eigenvalue weighted by Crippen LogP contribution is -2.40. The number of aromatic amines is 1. The lowest BCUT2D eigenvalue weighted by atomic mass is 9.87. The van der Waals surface area contributed by atoms with E-state index in [1.807, 2.05) is 30.3 Å². The highest BCUT2D eigenvalue weighted by Gasteiger charge is 2.24. The highest BCUT2D eigenvalue weighted by Crippen LogP contribution is 2.24. The maximum Gasteiger partial charge on any atom is 0.261 e. The van der Waals surface area contributed by atoms with Gasteiger partial charge >= 0.3 is 0 Å². The molecule has 2 heterocycles. The van der Waals surface area contributed by atoms with Gasteiger partial charge in [0.1, 0.15) is 11.6 Å². The third-order valence-corrected chi connectivity index (χ3v) is 5.89. The number of benzene rings is 2. The van der Waals surface area contributed by atoms with Gasteiger partial charge in [0.25, 0.3) is 11.5 Å². The molecule has 1 saturated heterocycles. The molecule has 33 heavy (non-hydrogen) atoms. The summed E-state index contributed by atoms with van der Waals surface area (Å²) in [5.74, 6) is 0.909. The molecule has 7 heteroatoms. The van der Waals surface area contributed by atoms with Crippen LogP contribution in [0.25, 0.3) is 10.9 Å². The highest BCUT2D eigenvalue weighted by atomic mass is 16.5. The van der Waals surface area contributed by atoms with E-state index in [9.17, 15) is 9.59 Å². The minimum atomic E-state index is -0.213. The van der Waals surface area contributed by atoms with Crippen LogP contribution in [0.5, 0.6) is 5.75 Å². The number of ether oxygens (including phenoxy) is 2. The summed E-state index contributed by atoms with van der Waals surface area (Å²) in [5.41, 5.74) is 1.65. The molecule has 0 saturated carbocycles. The molecule has 2 aromatic carbocycles. The second kappa shape index (κ2) is 9.75. The van der Waals surface area contributed by atoms with Crippen LogP contribution < -0.4 is 10.3 Å². The van der Waals surface area contributed by atoms with Crippen LogP contribution in [-0.4, -0.2) is 46.6 Å². The van der Waals surface area contributed by atoms with Gasteiger partial charge in [0.05, 0.1) is 23.6 Å². The van der Waals surface area contributed by atoms with Gasteiger partial charge in [-0.25, -0.2) is 4.98 Å². The van der Waals surface area contributed by atoms with E-state index in [-0.39, 0.29) is 36.1 Å². The second-order valence-electron chi connectivity index (χ2n) is 9.50. The molecular formula is C26H31N3O4. The van der Waals surface area contributed by atoms with Crippen LogP contribution in [0.15, 0.2) is 53.3 Å². The van der Waals surface area contributed by atoms with Gasteiger partial charge in [-0.2, -0.15) is 0 Å². The van der Waals surface area contributed by atoms with Gasteiger partial charge < -0.3 is 19.4 Å². The summed E-state index contributed by atoms with van der Waals surface area (Å²) in [6.07, 6.45) is 1.86. The third kappa shape index (κ3) is 5.79. The summed E-state index contributed by atoms with van der Waals surface area (Å²) >= 11 is 0. The number of carbonyl (C=O) groups excluding carboxylic acids is 1. The molecule has 0 bridgehead atoms. The average Bonchev–Trinajstić information content (AvgIpc) is 3.30. The van der Waals surface area contributed by atoms with Crippen LogP contribution in [0.4, 0.5) is 0 Å². The zero-order valence-electron chi connectivity index (χ0n) is 19.5. The number of H-pyrrole nitrogens is 1. The number of carbonyl (C=O) groups is 1. The number of rotatable bonds is 7. The van der Waals surface area contributed by atoms with Crippen molar-refractivity contribution in [3.05, 3.63) is 70.3 Å². The number of hydrogen-bond donors (Lipinski definition) is 1. The topological polar surface area (TPSA) is 84.5 Å². The third-order valence-electron chi connectivity index (χ3n) is 5.89. The van der Waals surface area contributed by atoms with Crippen molar-refractivity contribution in [1.29, 1.82) is 0 Å². The Morgan fingerprint density at radius 2 is 1.94 bits per heavy atom. The fourth-order valence-corrected chi connectivity index (χ4v) is 3.97. The van der Waals surface area contributed by atoms with Crippen LogP contribution in [0.1, 0.15) is 45.0 Å². The van der Waals surface area contributed by atoms with Crippen LogP contribution >= 0.6 is 0 Å². The largest absolute Gasteiger partial charge is 0.484 e. The summed E-state index contributed by atoms with van der Waals surface area (Å²) in [6.45, 7) is 7.68. The molecule has 3 aromatic rings. The Bertz CT molecular complexity index is 1160. The Morgan fingerprint density at radius 1 is 1.18 bits per heavy atom. The van der Waals surface area contributed by atoms with Gasteiger partial charge in [-0.15, -0.1) is 0 Å². The van der Waals surface area contributed by atoms with Gasteiger partial charge in [0.2, 0.25) is 0 Å². The summed E-state index contributed by atoms with van der Waals surface area (Å²) < 4.78 is 11.5. The lowest BCUT2D eigenvalue weighted by Gasteiger charge is -2.25. The maximum atomic E-state index is 13.1. The first-order chi connectivity index (χ1) is 15.8. The molecule has 1 atom stereocenters. The second-order valence-corrected chi connectivity index (χ2v) is 9.50. The van der Waals surface area contributed by atoms with Crippen molar-refractivity contribution in [2.75, 3.05) is 19.8 Å². The molecule has 0 unspecified atom stereocenters. The molecule has 1 aromatic heterocycles. The number of fused-ring (bicyclic) bond motifs is 1. The smallest absolute Gasteiger partial charge is 0.261 e. The Balaban J connectivity index is 1.48. The number of hydrogen-bond acceptors (Lipinski definition) is 5. The van der Waals surface area contributed by atoms with Crippen molar-refractivity contribution in [3.8, 4) is 5.75 Å². The normalized spacial score (nSPS) is 16.2. The fraction of sp³-hybridized carbons (Fsp3) is 0.423. The quantitative estimate of drug-likeness (QED) is 0.593. The van der Waals surface area contributed by atoms with E-state index in [1.165, 1.54) is 5.56 Å². The molecule has 4 rings (SSSR count). The number of nitrogens with zero attached hydrogens (tertiary/aromatic N) is 2. The van der Waals surface area contributed by atoms with Crippen molar-refractivity contribution in [3.63, 3.8) is 0 Å². The van der Waals surface area contributed by atoms with E-state index in [2.05, 4.69) is 30.7 Å². The molecule has 1 N–H and O–H groups in total. The SMILES string of the molecule is CC(C)(C)c1ccc(OCC(=O)N(Cc2nc3ccccc3c(=O)[nH]2)C[C@H]2CCCO2)cc1. The molecule has 1 aliphatic rings. The summed E-state index contributed by atoms with van der Waals surface area (Å²) in [5, 5.41) is 0.528. The monoisotopic (exact) mass is 449 g/mol. The van der Waals surface area contributed by atoms with Crippen molar-refractivity contribution in [2.45, 2.75) is 51.7 Å². The Morgan fingerprint density at radius 3 is 2.64 bits per heavy atom. The maximum absolute atomic E-state index is 13.1. The lowest BCUT2D eigenvalue weighted by molar-refractivity contribution is -0.135. The van der Waals surface area contributed by atoms with Crippen molar-refractivity contribution >= 4 is 16.8 Å². The van der Waals surface area contributed by atoms with Crippen molar-refractivity contribution in [1.82, 2.24) is 14.9 Å². The van der Waals surface area contributed by atoms with Gasteiger partial charge in [0.15, 0.2) is 6.61 Å². The molecular weight excluding hydrogens is 418 g/mol. The molecule has 1 aliphatic heterocycles. The van der Waals surface area contributed by atoms with Crippen LogP contribution in [0, 0.1) is 0 Å². The van der Waals surface area contributed by atoms with E-state index in [1.54, 1.807) is 23.1 Å². The van der Waals surface area contributed by atoms with E-state index in [0.29, 0.717) is 35.6 Å². The number of para-hydroxylation sites is 1. The van der Waals surface area contributed by atoms with Gasteiger partial charge in [-0.05, 0) is 48.1 Å². The number of nitrogens with one attached hydrogen (secondary N) is 1. The molecule has 0 aliphatic carbocycles. The Labute approximate surface area is 193 Å². The molecule has 174 valence electrons. The minimum absolute atomic E-state index is 0.0211. The van der Waals surface area contributed by atoms with Crippen molar-refractivity contribution in [2.24, 2.45) is 0 Å². The summed E-state index contributed by atoms with van der Waals surface area (Å²) in [4.78, 5) is 34.6. The average molecular weight is 450 g/mol. The predicted molar refractivity (Wildman–Crippen MR) is 127 cm³/mol. The first-order valence-electron chi connectivity index (χ1n) is 11.4. The fourth-order valence-electron chi connectivity index (χ4n) is 3.97. The zero-order valence-corrected chi connectivity index (χ0v) is 19.5.